The summed E-state index contributed by atoms with van der Waals surface area (Å²) in [6.45, 7) is 12.7. The molecule has 35 heavy (non-hydrogen) atoms. The van der Waals surface area contributed by atoms with Crippen molar-refractivity contribution in [1.29, 1.82) is 0 Å². The van der Waals surface area contributed by atoms with Gasteiger partial charge in [0.05, 0.1) is 18.1 Å². The van der Waals surface area contributed by atoms with E-state index in [1.165, 1.54) is 23.3 Å². The molecule has 2 bridgehead atoms. The molecule has 192 valence electrons. The van der Waals surface area contributed by atoms with Gasteiger partial charge in [0.15, 0.2) is 0 Å². The second kappa shape index (κ2) is 8.71. The van der Waals surface area contributed by atoms with Gasteiger partial charge in [0, 0.05) is 23.8 Å². The predicted octanol–water partition coefficient (Wildman–Crippen LogP) is 4.83. The van der Waals surface area contributed by atoms with Crippen molar-refractivity contribution in [2.75, 3.05) is 19.0 Å². The van der Waals surface area contributed by atoms with E-state index in [1.54, 1.807) is 0 Å². The highest BCUT2D eigenvalue weighted by atomic mass is 32.1. The number of thiophene rings is 1. The molecule has 1 saturated carbocycles. The van der Waals surface area contributed by atoms with Gasteiger partial charge in [-0.3, -0.25) is 19.3 Å². The summed E-state index contributed by atoms with van der Waals surface area (Å²) in [6, 6.07) is 0. The third kappa shape index (κ3) is 4.11. The Kier molecular flexibility index (Phi) is 6.44. The van der Waals surface area contributed by atoms with E-state index >= 15 is 0 Å². The minimum Gasteiger partial charge on any atom is -0.465 e. The van der Waals surface area contributed by atoms with Crippen LogP contribution in [0.1, 0.15) is 88.0 Å². The van der Waals surface area contributed by atoms with Gasteiger partial charge >= 0.3 is 5.97 Å². The molecule has 0 radical (unpaired) electrons. The van der Waals surface area contributed by atoms with E-state index in [1.807, 2.05) is 20.8 Å². The van der Waals surface area contributed by atoms with Gasteiger partial charge in [0.25, 0.3) is 0 Å². The maximum absolute atomic E-state index is 13.2. The Balaban J connectivity index is 1.49. The van der Waals surface area contributed by atoms with Gasteiger partial charge in [-0.05, 0) is 54.4 Å². The normalized spacial score (nSPS) is 27.6. The first-order chi connectivity index (χ1) is 16.2. The van der Waals surface area contributed by atoms with Crippen LogP contribution in [0.25, 0.3) is 0 Å². The summed E-state index contributed by atoms with van der Waals surface area (Å²) in [5.41, 5.74) is 0.623. The molecular weight excluding hydrogens is 464 g/mol. The number of carbonyl (C=O) groups is 4. The first-order valence-corrected chi connectivity index (χ1v) is 13.4. The Bertz CT molecular complexity index is 1080. The number of anilines is 1. The Morgan fingerprint density at radius 1 is 1.17 bits per heavy atom. The van der Waals surface area contributed by atoms with Crippen LogP contribution in [0.3, 0.4) is 0 Å². The van der Waals surface area contributed by atoms with Gasteiger partial charge in [-0.1, -0.05) is 41.5 Å². The van der Waals surface area contributed by atoms with Crippen molar-refractivity contribution < 1.29 is 23.9 Å². The summed E-state index contributed by atoms with van der Waals surface area (Å²) in [4.78, 5) is 54.3. The fraction of sp³-hybridized carbons (Fsp3) is 0.704. The number of piperidine rings is 1. The second-order valence-corrected chi connectivity index (χ2v) is 13.3. The van der Waals surface area contributed by atoms with Gasteiger partial charge in [-0.15, -0.1) is 11.3 Å². The molecule has 7 nitrogen and oxygen atoms in total. The van der Waals surface area contributed by atoms with Crippen LogP contribution in [0.5, 0.6) is 0 Å². The predicted molar refractivity (Wildman–Crippen MR) is 135 cm³/mol. The summed E-state index contributed by atoms with van der Waals surface area (Å²) < 4.78 is 5.04. The fourth-order valence-corrected chi connectivity index (χ4v) is 7.58. The van der Waals surface area contributed by atoms with Gasteiger partial charge in [0.1, 0.15) is 5.00 Å². The standard InChI is InChI=1S/C27H38N2O5S/c1-25(2,3)15-8-9-16-18(14-15)35-21(20(16)23(32)34-7)28-19(30)11-13-29-22(31)17-10-12-27(6,24(29)33)26(17,4)5/h15,17H,8-14H2,1-7H3,(H,28,30). The third-order valence-corrected chi connectivity index (χ3v) is 10.4. The van der Waals surface area contributed by atoms with Crippen molar-refractivity contribution in [2.24, 2.45) is 28.1 Å². The largest absolute Gasteiger partial charge is 0.465 e. The van der Waals surface area contributed by atoms with Crippen molar-refractivity contribution in [3.63, 3.8) is 0 Å². The number of amides is 3. The number of imide groups is 1. The molecule has 3 aliphatic rings. The van der Waals surface area contributed by atoms with Crippen LogP contribution in [0.4, 0.5) is 5.00 Å². The van der Waals surface area contributed by atoms with E-state index in [4.69, 9.17) is 4.74 Å². The molecule has 3 atom stereocenters. The molecule has 0 aromatic carbocycles. The Morgan fingerprint density at radius 2 is 1.86 bits per heavy atom. The fourth-order valence-electron chi connectivity index (χ4n) is 6.25. The summed E-state index contributed by atoms with van der Waals surface area (Å²) in [5, 5.41) is 3.40. The number of rotatable bonds is 5. The zero-order valence-corrected chi connectivity index (χ0v) is 22.8. The van der Waals surface area contributed by atoms with Crippen molar-refractivity contribution in [1.82, 2.24) is 4.90 Å². The number of hydrogen-bond acceptors (Lipinski definition) is 6. The lowest BCUT2D eigenvalue weighted by atomic mass is 9.62. The summed E-state index contributed by atoms with van der Waals surface area (Å²) >= 11 is 1.45. The van der Waals surface area contributed by atoms with E-state index in [2.05, 4.69) is 26.1 Å². The highest BCUT2D eigenvalue weighted by molar-refractivity contribution is 7.17. The average Bonchev–Trinajstić information content (AvgIpc) is 3.22. The molecule has 8 heteroatoms. The van der Waals surface area contributed by atoms with E-state index in [9.17, 15) is 19.2 Å². The lowest BCUT2D eigenvalue weighted by Crippen LogP contribution is -2.59. The van der Waals surface area contributed by atoms with E-state index in [0.717, 1.165) is 29.7 Å². The van der Waals surface area contributed by atoms with Crippen molar-refractivity contribution in [3.05, 3.63) is 16.0 Å². The van der Waals surface area contributed by atoms with E-state index in [0.29, 0.717) is 29.3 Å². The first-order valence-electron chi connectivity index (χ1n) is 12.6. The SMILES string of the molecule is COC(=O)c1c(NC(=O)CCN2C(=O)C3CCC(C)(C2=O)C3(C)C)sc2c1CCC(C(C)(C)C)C2. The van der Waals surface area contributed by atoms with Gasteiger partial charge < -0.3 is 10.1 Å². The van der Waals surface area contributed by atoms with E-state index < -0.39 is 11.4 Å². The van der Waals surface area contributed by atoms with Crippen LogP contribution < -0.4 is 5.32 Å². The number of ether oxygens (including phenoxy) is 1. The van der Waals surface area contributed by atoms with Gasteiger partial charge in [-0.2, -0.15) is 0 Å². The molecule has 1 aliphatic heterocycles. The zero-order chi connectivity index (χ0) is 25.9. The molecule has 1 aromatic rings. The van der Waals surface area contributed by atoms with Gasteiger partial charge in [0.2, 0.25) is 17.7 Å². The number of fused-ring (bicyclic) bond motifs is 3. The van der Waals surface area contributed by atoms with Crippen molar-refractivity contribution in [3.8, 4) is 0 Å². The molecule has 3 unspecified atom stereocenters. The van der Waals surface area contributed by atoms with Crippen molar-refractivity contribution in [2.45, 2.75) is 80.1 Å². The number of methoxy groups -OCH3 is 1. The quantitative estimate of drug-likeness (QED) is 0.460. The second-order valence-electron chi connectivity index (χ2n) is 12.2. The molecular formula is C27H38N2O5S. The minimum absolute atomic E-state index is 0.00545. The van der Waals surface area contributed by atoms with Crippen LogP contribution in [0.2, 0.25) is 0 Å². The Hall–Kier alpha value is -2.22. The number of likely N-dealkylation sites (tertiary alicyclic amines) is 1. The summed E-state index contributed by atoms with van der Waals surface area (Å²) in [6.07, 6.45) is 4.03. The lowest BCUT2D eigenvalue weighted by Gasteiger charge is -2.47. The molecule has 2 heterocycles. The molecule has 1 aromatic heterocycles. The van der Waals surface area contributed by atoms with Gasteiger partial charge in [-0.25, -0.2) is 4.79 Å². The molecule has 2 aliphatic carbocycles. The molecule has 3 amide bonds. The van der Waals surface area contributed by atoms with Crippen LogP contribution >= 0.6 is 11.3 Å². The van der Waals surface area contributed by atoms with E-state index in [-0.39, 0.29) is 47.4 Å². The van der Waals surface area contributed by atoms with Crippen LogP contribution in [0, 0.1) is 28.1 Å². The lowest BCUT2D eigenvalue weighted by molar-refractivity contribution is -0.167. The van der Waals surface area contributed by atoms with Crippen molar-refractivity contribution >= 4 is 40.0 Å². The van der Waals surface area contributed by atoms with Crippen LogP contribution in [-0.4, -0.2) is 42.2 Å². The van der Waals surface area contributed by atoms with Crippen LogP contribution in [-0.2, 0) is 32.0 Å². The third-order valence-electron chi connectivity index (χ3n) is 9.20. The topological polar surface area (TPSA) is 92.8 Å². The first kappa shape index (κ1) is 25.9. The van der Waals surface area contributed by atoms with Crippen LogP contribution in [0.15, 0.2) is 0 Å². The Morgan fingerprint density at radius 3 is 2.49 bits per heavy atom. The average molecular weight is 503 g/mol. The molecule has 1 N–H and O–H groups in total. The number of nitrogens with one attached hydrogen (secondary N) is 1. The molecule has 4 rings (SSSR count). The number of hydrogen-bond donors (Lipinski definition) is 1. The molecule has 2 fully saturated rings. The maximum Gasteiger partial charge on any atom is 0.341 e. The highest BCUT2D eigenvalue weighted by Crippen LogP contribution is 2.60. The summed E-state index contributed by atoms with van der Waals surface area (Å²) in [5.74, 6) is -0.801. The molecule has 0 spiro atoms. The number of esters is 1. The number of nitrogens with zero attached hydrogens (tertiary/aromatic N) is 1. The number of carbonyl (C=O) groups excluding carboxylic acids is 4. The summed E-state index contributed by atoms with van der Waals surface area (Å²) in [7, 11) is 1.35. The highest BCUT2D eigenvalue weighted by Gasteiger charge is 2.64. The maximum atomic E-state index is 13.2. The monoisotopic (exact) mass is 502 g/mol. The molecule has 1 saturated heterocycles. The Labute approximate surface area is 212 Å². The minimum atomic E-state index is -0.587. The zero-order valence-electron chi connectivity index (χ0n) is 22.0. The smallest absolute Gasteiger partial charge is 0.341 e.